The van der Waals surface area contributed by atoms with E-state index in [1.807, 2.05) is 6.07 Å². The maximum atomic E-state index is 14.0. The number of rotatable bonds is 11. The summed E-state index contributed by atoms with van der Waals surface area (Å²) in [5.41, 5.74) is 4.68. The van der Waals surface area contributed by atoms with Crippen molar-refractivity contribution in [3.8, 4) is 12.5 Å². The molecule has 0 aliphatic carbocycles. The summed E-state index contributed by atoms with van der Waals surface area (Å²) in [6, 6.07) is 15.2. The molecule has 4 N–H and O–H groups in total. The molecule has 2 aromatic rings. The highest BCUT2D eigenvalue weighted by atomic mass is 16.6. The fourth-order valence-electron chi connectivity index (χ4n) is 4.00. The van der Waals surface area contributed by atoms with Crippen molar-refractivity contribution >= 4 is 29.8 Å². The van der Waals surface area contributed by atoms with Gasteiger partial charge in [-0.1, -0.05) is 67.1 Å². The molecule has 4 amide bonds. The largest absolute Gasteiger partial charge is 0.458 e. The van der Waals surface area contributed by atoms with Crippen molar-refractivity contribution in [3.05, 3.63) is 71.8 Å². The Balaban J connectivity index is 2.50. The van der Waals surface area contributed by atoms with Crippen LogP contribution in [-0.2, 0) is 35.1 Å². The van der Waals surface area contributed by atoms with Crippen LogP contribution in [0.5, 0.6) is 0 Å². The number of esters is 1. The zero-order valence-electron chi connectivity index (χ0n) is 25.4. The van der Waals surface area contributed by atoms with Crippen LogP contribution in [0.25, 0.3) is 0 Å². The van der Waals surface area contributed by atoms with Gasteiger partial charge in [-0.05, 0) is 52.7 Å². The van der Waals surface area contributed by atoms with Gasteiger partial charge in [-0.25, -0.2) is 9.59 Å². The summed E-state index contributed by atoms with van der Waals surface area (Å²) in [6.07, 6.45) is 4.26. The molecule has 3 atom stereocenters. The molecule has 2 aromatic carbocycles. The lowest BCUT2D eigenvalue weighted by atomic mass is 10.0. The Bertz CT molecular complexity index is 1330. The van der Waals surface area contributed by atoms with E-state index in [0.717, 1.165) is 10.5 Å². The average Bonchev–Trinajstić information content (AvgIpc) is 2.89. The monoisotopic (exact) mass is 592 g/mol. The zero-order chi connectivity index (χ0) is 32.4. The minimum Gasteiger partial charge on any atom is -0.458 e. The number of hydrogen-bond acceptors (Lipinski definition) is 7. The van der Waals surface area contributed by atoms with Gasteiger partial charge in [0.1, 0.15) is 29.3 Å². The van der Waals surface area contributed by atoms with Crippen molar-refractivity contribution in [1.82, 2.24) is 15.5 Å². The minimum absolute atomic E-state index is 0.0947. The van der Waals surface area contributed by atoms with Gasteiger partial charge in [0.2, 0.25) is 11.8 Å². The molecule has 11 heteroatoms. The van der Waals surface area contributed by atoms with Crippen LogP contribution in [0.2, 0.25) is 0 Å². The molecule has 0 aliphatic rings. The second-order valence-electron chi connectivity index (χ2n) is 11.8. The second-order valence-corrected chi connectivity index (χ2v) is 11.8. The average molecular weight is 593 g/mol. The first kappa shape index (κ1) is 34.4. The Morgan fingerprint density at radius 1 is 0.837 bits per heavy atom. The number of nitrogens with one attached hydrogen (secondary N) is 2. The van der Waals surface area contributed by atoms with Gasteiger partial charge in [0.05, 0.1) is 6.42 Å². The van der Waals surface area contributed by atoms with E-state index >= 15 is 0 Å². The summed E-state index contributed by atoms with van der Waals surface area (Å²) in [6.45, 7) is 9.98. The van der Waals surface area contributed by atoms with Crippen molar-refractivity contribution in [2.45, 2.75) is 83.7 Å². The molecule has 0 bridgehead atoms. The molecular weight excluding hydrogens is 552 g/mol. The zero-order valence-corrected chi connectivity index (χ0v) is 25.4. The molecule has 3 unspecified atom stereocenters. The Labute approximate surface area is 252 Å². The van der Waals surface area contributed by atoms with Crippen molar-refractivity contribution in [2.75, 3.05) is 0 Å². The van der Waals surface area contributed by atoms with Crippen molar-refractivity contribution in [2.24, 2.45) is 5.73 Å². The van der Waals surface area contributed by atoms with Crippen LogP contribution in [0.1, 0.15) is 65.1 Å². The molecule has 0 saturated heterocycles. The van der Waals surface area contributed by atoms with Crippen LogP contribution in [-0.4, -0.2) is 58.0 Å². The number of carbonyl (C=O) groups excluding carboxylic acids is 5. The SMILES string of the molecule is C#CN(C(=O)C(CC(N)=O)NC(=O)OC(C)(C)C)C(C(=O)NC(Cc1ccccc1)C(=O)OC(C)(C)C)c1ccccc1. The maximum Gasteiger partial charge on any atom is 0.408 e. The quantitative estimate of drug-likeness (QED) is 0.206. The number of nitrogens with zero attached hydrogens (tertiary/aromatic N) is 1. The number of amides is 4. The predicted octanol–water partition coefficient (Wildman–Crippen LogP) is 2.98. The molecular formula is C32H40N4O7. The number of terminal acetylenes is 1. The second kappa shape index (κ2) is 14.9. The predicted molar refractivity (Wildman–Crippen MR) is 160 cm³/mol. The highest BCUT2D eigenvalue weighted by Gasteiger charge is 2.38. The van der Waals surface area contributed by atoms with Crippen LogP contribution >= 0.6 is 0 Å². The molecule has 0 saturated carbocycles. The molecule has 11 nitrogen and oxygen atoms in total. The normalized spacial score (nSPS) is 13.3. The van der Waals surface area contributed by atoms with Crippen molar-refractivity contribution in [3.63, 3.8) is 0 Å². The highest BCUT2D eigenvalue weighted by molar-refractivity contribution is 5.96. The third kappa shape index (κ3) is 11.5. The number of hydrogen-bond donors (Lipinski definition) is 3. The lowest BCUT2D eigenvalue weighted by molar-refractivity contribution is -0.159. The first-order valence-corrected chi connectivity index (χ1v) is 13.7. The third-order valence-corrected chi connectivity index (χ3v) is 5.68. The molecule has 0 aliphatic heterocycles. The summed E-state index contributed by atoms with van der Waals surface area (Å²) in [4.78, 5) is 66.1. The van der Waals surface area contributed by atoms with Gasteiger partial charge >= 0.3 is 12.1 Å². The molecule has 2 rings (SSSR count). The van der Waals surface area contributed by atoms with Crippen LogP contribution in [0, 0.1) is 12.5 Å². The fourth-order valence-corrected chi connectivity index (χ4v) is 4.00. The van der Waals surface area contributed by atoms with E-state index < -0.39 is 65.5 Å². The van der Waals surface area contributed by atoms with Gasteiger partial charge in [-0.15, -0.1) is 0 Å². The van der Waals surface area contributed by atoms with E-state index in [2.05, 4.69) is 16.7 Å². The highest BCUT2D eigenvalue weighted by Crippen LogP contribution is 2.23. The Hall–Kier alpha value is -4.85. The van der Waals surface area contributed by atoms with E-state index in [1.54, 1.807) is 96.1 Å². The lowest BCUT2D eigenvalue weighted by Gasteiger charge is -2.31. The Kier molecular flexibility index (Phi) is 11.9. The Morgan fingerprint density at radius 2 is 1.37 bits per heavy atom. The molecule has 43 heavy (non-hydrogen) atoms. The van der Waals surface area contributed by atoms with Crippen LogP contribution < -0.4 is 16.4 Å². The summed E-state index contributed by atoms with van der Waals surface area (Å²) < 4.78 is 10.8. The molecule has 0 aromatic heterocycles. The van der Waals surface area contributed by atoms with Gasteiger partial charge in [0.25, 0.3) is 5.91 Å². The maximum absolute atomic E-state index is 14.0. The smallest absolute Gasteiger partial charge is 0.408 e. The van der Waals surface area contributed by atoms with E-state index in [0.29, 0.717) is 5.56 Å². The van der Waals surface area contributed by atoms with Crippen LogP contribution in [0.3, 0.4) is 0 Å². The summed E-state index contributed by atoms with van der Waals surface area (Å²) in [5.74, 6) is -3.35. The first-order valence-electron chi connectivity index (χ1n) is 13.7. The Morgan fingerprint density at radius 3 is 1.86 bits per heavy atom. The van der Waals surface area contributed by atoms with Gasteiger partial charge in [-0.2, -0.15) is 0 Å². The lowest BCUT2D eigenvalue weighted by Crippen LogP contribution is -2.54. The first-order chi connectivity index (χ1) is 20.0. The molecule has 230 valence electrons. The molecule has 0 fully saturated rings. The number of benzene rings is 2. The number of primary amides is 1. The standard InChI is InChI=1S/C32H40N4O7/c1-8-36(28(39)23(20-25(33)37)35-30(41)43-32(5,6)7)26(22-17-13-10-14-18-22)27(38)34-24(29(40)42-31(2,3)4)19-21-15-11-9-12-16-21/h1,9-18,23-24,26H,19-20H2,2-7H3,(H2,33,37)(H,34,38)(H,35,41). The molecule has 0 heterocycles. The van der Waals surface area contributed by atoms with E-state index in [1.165, 1.54) is 0 Å². The van der Waals surface area contributed by atoms with E-state index in [-0.39, 0.29) is 6.42 Å². The summed E-state index contributed by atoms with van der Waals surface area (Å²) in [7, 11) is 0. The molecule has 0 spiro atoms. The number of carbonyl (C=O) groups is 5. The van der Waals surface area contributed by atoms with Gasteiger partial charge < -0.3 is 25.8 Å². The number of ether oxygens (including phenoxy) is 2. The molecule has 0 radical (unpaired) electrons. The van der Waals surface area contributed by atoms with Gasteiger partial charge in [0, 0.05) is 12.5 Å². The fraction of sp³-hybridized carbons (Fsp3) is 0.406. The van der Waals surface area contributed by atoms with Gasteiger partial charge in [0.15, 0.2) is 0 Å². The summed E-state index contributed by atoms with van der Waals surface area (Å²) in [5, 5.41) is 5.03. The third-order valence-electron chi connectivity index (χ3n) is 5.68. The van der Waals surface area contributed by atoms with E-state index in [4.69, 9.17) is 21.6 Å². The number of alkyl carbamates (subject to hydrolysis) is 1. The summed E-state index contributed by atoms with van der Waals surface area (Å²) >= 11 is 0. The minimum atomic E-state index is -1.55. The van der Waals surface area contributed by atoms with Gasteiger partial charge in [-0.3, -0.25) is 19.3 Å². The van der Waals surface area contributed by atoms with Crippen molar-refractivity contribution < 1.29 is 33.4 Å². The van der Waals surface area contributed by atoms with Crippen LogP contribution in [0.4, 0.5) is 4.79 Å². The van der Waals surface area contributed by atoms with Crippen molar-refractivity contribution in [1.29, 1.82) is 0 Å². The number of nitrogens with two attached hydrogens (primary N) is 1. The topological polar surface area (TPSA) is 157 Å². The van der Waals surface area contributed by atoms with Crippen LogP contribution in [0.15, 0.2) is 60.7 Å². The van der Waals surface area contributed by atoms with E-state index in [9.17, 15) is 24.0 Å².